The van der Waals surface area contributed by atoms with Crippen molar-refractivity contribution in [3.8, 4) is 11.8 Å². The van der Waals surface area contributed by atoms with E-state index in [1.54, 1.807) is 24.3 Å². The average molecular weight is 378 g/mol. The summed E-state index contributed by atoms with van der Waals surface area (Å²) < 4.78 is 42.4. The van der Waals surface area contributed by atoms with Crippen LogP contribution in [0, 0.1) is 35.2 Å². The Morgan fingerprint density at radius 3 is 2.11 bits per heavy atom. The third kappa shape index (κ3) is 3.92. The minimum atomic E-state index is -0.607. The molecule has 28 heavy (non-hydrogen) atoms. The minimum absolute atomic E-state index is 0.202. The van der Waals surface area contributed by atoms with Crippen molar-refractivity contribution in [3.05, 3.63) is 82.7 Å². The maximum atomic E-state index is 14.6. The second-order valence-electron chi connectivity index (χ2n) is 7.77. The van der Waals surface area contributed by atoms with Gasteiger partial charge in [-0.2, -0.15) is 0 Å². The van der Waals surface area contributed by atoms with Gasteiger partial charge in [0.05, 0.1) is 5.56 Å². The Balaban J connectivity index is 1.61. The molecule has 0 aromatic heterocycles. The van der Waals surface area contributed by atoms with Gasteiger partial charge in [-0.05, 0) is 77.4 Å². The zero-order valence-electron chi connectivity index (χ0n) is 15.7. The highest BCUT2D eigenvalue weighted by Gasteiger charge is 2.22. The molecule has 142 valence electrons. The van der Waals surface area contributed by atoms with Gasteiger partial charge < -0.3 is 0 Å². The molecule has 0 N–H and O–H groups in total. The third-order valence-electron chi connectivity index (χ3n) is 5.69. The Bertz CT molecular complexity index is 1060. The van der Waals surface area contributed by atoms with Gasteiger partial charge in [-0.25, -0.2) is 13.2 Å². The number of fused-ring (bicyclic) bond motifs is 1. The molecule has 1 aliphatic rings. The lowest BCUT2D eigenvalue weighted by Gasteiger charge is -2.26. The Morgan fingerprint density at radius 2 is 1.39 bits per heavy atom. The number of benzene rings is 3. The average Bonchev–Trinajstić information content (AvgIpc) is 2.68. The van der Waals surface area contributed by atoms with Gasteiger partial charge in [-0.15, -0.1) is 0 Å². The molecule has 1 aliphatic carbocycles. The maximum absolute atomic E-state index is 14.6. The Kier molecular flexibility index (Phi) is 5.13. The van der Waals surface area contributed by atoms with Gasteiger partial charge in [0.1, 0.15) is 17.5 Å². The predicted octanol–water partition coefficient (Wildman–Crippen LogP) is 6.95. The Labute approximate surface area is 163 Å². The molecular formula is C25H21F3. The molecule has 1 saturated carbocycles. The fourth-order valence-corrected chi connectivity index (χ4v) is 3.97. The van der Waals surface area contributed by atoms with Crippen molar-refractivity contribution in [1.82, 2.24) is 0 Å². The van der Waals surface area contributed by atoms with E-state index in [1.807, 2.05) is 0 Å². The molecular weight excluding hydrogens is 357 g/mol. The summed E-state index contributed by atoms with van der Waals surface area (Å²) in [6.07, 6.45) is 4.15. The number of hydrogen-bond acceptors (Lipinski definition) is 0. The zero-order valence-corrected chi connectivity index (χ0v) is 15.7. The first-order valence-electron chi connectivity index (χ1n) is 9.70. The summed E-state index contributed by atoms with van der Waals surface area (Å²) in [6, 6.07) is 12.6. The normalized spacial score (nSPS) is 19.3. The van der Waals surface area contributed by atoms with E-state index in [2.05, 4.69) is 18.8 Å². The standard InChI is InChI=1S/C25H21F3/c1-16-2-6-18(7-3-16)21-14-24(27)23(25(28)15-21)11-5-17-4-8-20-13-22(26)10-9-19(20)12-17/h4,8-10,12-16,18H,2-3,6-7H2,1H3. The number of halogens is 3. The molecule has 0 atom stereocenters. The number of hydrogen-bond donors (Lipinski definition) is 0. The molecule has 0 heterocycles. The van der Waals surface area contributed by atoms with Crippen molar-refractivity contribution in [1.29, 1.82) is 0 Å². The van der Waals surface area contributed by atoms with Crippen LogP contribution in [-0.2, 0) is 0 Å². The second-order valence-corrected chi connectivity index (χ2v) is 7.77. The topological polar surface area (TPSA) is 0 Å². The molecule has 0 unspecified atom stereocenters. The molecule has 0 spiro atoms. The van der Waals surface area contributed by atoms with Crippen LogP contribution in [0.15, 0.2) is 48.5 Å². The second kappa shape index (κ2) is 7.72. The largest absolute Gasteiger partial charge is 0.207 e. The molecule has 4 rings (SSSR count). The van der Waals surface area contributed by atoms with Crippen LogP contribution in [0.5, 0.6) is 0 Å². The Hall–Kier alpha value is -2.73. The lowest BCUT2D eigenvalue weighted by molar-refractivity contribution is 0.346. The lowest BCUT2D eigenvalue weighted by Crippen LogP contribution is -2.11. The van der Waals surface area contributed by atoms with Crippen molar-refractivity contribution in [3.63, 3.8) is 0 Å². The van der Waals surface area contributed by atoms with Crippen LogP contribution in [0.2, 0.25) is 0 Å². The monoisotopic (exact) mass is 378 g/mol. The summed E-state index contributed by atoms with van der Waals surface area (Å²) in [6.45, 7) is 2.22. The molecule has 0 nitrogen and oxygen atoms in total. The molecule has 0 saturated heterocycles. The van der Waals surface area contributed by atoms with Gasteiger partial charge >= 0.3 is 0 Å². The highest BCUT2D eigenvalue weighted by Crippen LogP contribution is 2.36. The highest BCUT2D eigenvalue weighted by atomic mass is 19.1. The van der Waals surface area contributed by atoms with E-state index in [4.69, 9.17) is 0 Å². The molecule has 0 aliphatic heterocycles. The van der Waals surface area contributed by atoms with Gasteiger partial charge in [-0.1, -0.05) is 43.7 Å². The Morgan fingerprint density at radius 1 is 0.750 bits per heavy atom. The van der Waals surface area contributed by atoms with Gasteiger partial charge in [0.15, 0.2) is 0 Å². The quantitative estimate of drug-likeness (QED) is 0.402. The van der Waals surface area contributed by atoms with E-state index < -0.39 is 11.6 Å². The van der Waals surface area contributed by atoms with Crippen LogP contribution in [0.3, 0.4) is 0 Å². The summed E-state index contributed by atoms with van der Waals surface area (Å²) in [5, 5.41) is 1.59. The van der Waals surface area contributed by atoms with Crippen LogP contribution < -0.4 is 0 Å². The molecule has 3 aromatic rings. The molecule has 1 fully saturated rings. The lowest BCUT2D eigenvalue weighted by atomic mass is 9.79. The van der Waals surface area contributed by atoms with Crippen LogP contribution >= 0.6 is 0 Å². The predicted molar refractivity (Wildman–Crippen MR) is 107 cm³/mol. The third-order valence-corrected chi connectivity index (χ3v) is 5.69. The molecule has 0 radical (unpaired) electrons. The summed E-state index contributed by atoms with van der Waals surface area (Å²) in [7, 11) is 0. The van der Waals surface area contributed by atoms with Crippen LogP contribution in [0.1, 0.15) is 55.2 Å². The van der Waals surface area contributed by atoms with Crippen LogP contribution in [0.25, 0.3) is 10.8 Å². The van der Waals surface area contributed by atoms with Crippen LogP contribution in [-0.4, -0.2) is 0 Å². The van der Waals surface area contributed by atoms with Gasteiger partial charge in [0.25, 0.3) is 0 Å². The van der Waals surface area contributed by atoms with E-state index >= 15 is 0 Å². The van der Waals surface area contributed by atoms with E-state index in [9.17, 15) is 13.2 Å². The fourth-order valence-electron chi connectivity index (χ4n) is 3.97. The maximum Gasteiger partial charge on any atom is 0.142 e. The van der Waals surface area contributed by atoms with E-state index in [-0.39, 0.29) is 17.3 Å². The summed E-state index contributed by atoms with van der Waals surface area (Å²) in [4.78, 5) is 0. The zero-order chi connectivity index (χ0) is 19.7. The summed E-state index contributed by atoms with van der Waals surface area (Å²) in [5.41, 5.74) is 1.16. The molecule has 0 amide bonds. The van der Waals surface area contributed by atoms with Crippen molar-refractivity contribution in [2.45, 2.75) is 38.5 Å². The van der Waals surface area contributed by atoms with Crippen molar-refractivity contribution in [2.75, 3.05) is 0 Å². The molecule has 3 aromatic carbocycles. The minimum Gasteiger partial charge on any atom is -0.207 e. The first-order valence-corrected chi connectivity index (χ1v) is 9.70. The summed E-state index contributed by atoms with van der Waals surface area (Å²) in [5.74, 6) is 4.86. The first kappa shape index (κ1) is 18.6. The summed E-state index contributed by atoms with van der Waals surface area (Å²) >= 11 is 0. The molecule has 0 bridgehead atoms. The van der Waals surface area contributed by atoms with Crippen molar-refractivity contribution in [2.24, 2.45) is 5.92 Å². The highest BCUT2D eigenvalue weighted by molar-refractivity contribution is 5.84. The van der Waals surface area contributed by atoms with Gasteiger partial charge in [0.2, 0.25) is 0 Å². The number of rotatable bonds is 1. The smallest absolute Gasteiger partial charge is 0.142 e. The first-order chi connectivity index (χ1) is 13.5. The van der Waals surface area contributed by atoms with Crippen molar-refractivity contribution < 1.29 is 13.2 Å². The van der Waals surface area contributed by atoms with E-state index in [0.717, 1.165) is 42.0 Å². The van der Waals surface area contributed by atoms with E-state index in [0.29, 0.717) is 11.5 Å². The molecule has 3 heteroatoms. The van der Waals surface area contributed by atoms with E-state index in [1.165, 1.54) is 24.3 Å². The van der Waals surface area contributed by atoms with Crippen LogP contribution in [0.4, 0.5) is 13.2 Å². The fraction of sp³-hybridized carbons (Fsp3) is 0.280. The van der Waals surface area contributed by atoms with Gasteiger partial charge in [0, 0.05) is 5.56 Å². The van der Waals surface area contributed by atoms with Gasteiger partial charge in [-0.3, -0.25) is 0 Å². The van der Waals surface area contributed by atoms with Crippen molar-refractivity contribution >= 4 is 10.8 Å². The SMILES string of the molecule is CC1CCC(c2cc(F)c(C#Cc3ccc4cc(F)ccc4c3)c(F)c2)CC1.